The monoisotopic (exact) mass is 391 g/mol. The SMILES string of the molecule is CCNC(=NCCc1ccc(C)c(OC)c1)N1CCC(OCCCOC)CC1. The minimum absolute atomic E-state index is 0.357. The van der Waals surface area contributed by atoms with Crippen LogP contribution in [0.5, 0.6) is 5.75 Å². The Labute approximate surface area is 170 Å². The zero-order valence-corrected chi connectivity index (χ0v) is 18.0. The second kappa shape index (κ2) is 12.6. The van der Waals surface area contributed by atoms with Gasteiger partial charge in [0.05, 0.1) is 13.2 Å². The molecule has 1 heterocycles. The van der Waals surface area contributed by atoms with E-state index < -0.39 is 0 Å². The molecule has 0 aliphatic carbocycles. The lowest BCUT2D eigenvalue weighted by molar-refractivity contribution is 0.00991. The van der Waals surface area contributed by atoms with E-state index in [1.165, 1.54) is 5.56 Å². The zero-order valence-electron chi connectivity index (χ0n) is 18.0. The number of hydrogen-bond donors (Lipinski definition) is 1. The van der Waals surface area contributed by atoms with Crippen LogP contribution in [0.3, 0.4) is 0 Å². The molecule has 1 saturated heterocycles. The summed E-state index contributed by atoms with van der Waals surface area (Å²) in [6.07, 6.45) is 4.32. The van der Waals surface area contributed by atoms with Gasteiger partial charge in [0.2, 0.25) is 0 Å². The number of aliphatic imine (C=N–C) groups is 1. The minimum Gasteiger partial charge on any atom is -0.496 e. The van der Waals surface area contributed by atoms with E-state index in [-0.39, 0.29) is 0 Å². The van der Waals surface area contributed by atoms with Crippen molar-refractivity contribution < 1.29 is 14.2 Å². The van der Waals surface area contributed by atoms with Crippen LogP contribution < -0.4 is 10.1 Å². The summed E-state index contributed by atoms with van der Waals surface area (Å²) in [7, 11) is 3.45. The summed E-state index contributed by atoms with van der Waals surface area (Å²) in [5.74, 6) is 1.96. The largest absolute Gasteiger partial charge is 0.496 e. The summed E-state index contributed by atoms with van der Waals surface area (Å²) in [5, 5.41) is 3.44. The summed E-state index contributed by atoms with van der Waals surface area (Å²) < 4.78 is 16.5. The van der Waals surface area contributed by atoms with E-state index in [0.29, 0.717) is 6.10 Å². The van der Waals surface area contributed by atoms with Crippen LogP contribution in [0.2, 0.25) is 0 Å². The Morgan fingerprint density at radius 2 is 2.00 bits per heavy atom. The predicted molar refractivity (Wildman–Crippen MR) is 114 cm³/mol. The highest BCUT2D eigenvalue weighted by molar-refractivity contribution is 5.80. The predicted octanol–water partition coefficient (Wildman–Crippen LogP) is 3.03. The van der Waals surface area contributed by atoms with Gasteiger partial charge in [0.25, 0.3) is 0 Å². The van der Waals surface area contributed by atoms with Gasteiger partial charge in [-0.15, -0.1) is 0 Å². The van der Waals surface area contributed by atoms with Crippen molar-refractivity contribution in [1.29, 1.82) is 0 Å². The molecule has 0 amide bonds. The zero-order chi connectivity index (χ0) is 20.2. The number of guanidine groups is 1. The second-order valence-corrected chi connectivity index (χ2v) is 7.19. The topological polar surface area (TPSA) is 55.3 Å². The average molecular weight is 392 g/mol. The van der Waals surface area contributed by atoms with Crippen molar-refractivity contribution in [3.63, 3.8) is 0 Å². The van der Waals surface area contributed by atoms with E-state index in [1.54, 1.807) is 14.2 Å². The van der Waals surface area contributed by atoms with Gasteiger partial charge in [0.1, 0.15) is 5.75 Å². The van der Waals surface area contributed by atoms with Crippen LogP contribution in [-0.2, 0) is 15.9 Å². The Hall–Kier alpha value is -1.79. The third-order valence-electron chi connectivity index (χ3n) is 5.06. The molecule has 1 aromatic rings. The number of ether oxygens (including phenoxy) is 3. The molecule has 0 saturated carbocycles. The maximum Gasteiger partial charge on any atom is 0.193 e. The molecule has 0 radical (unpaired) electrons. The first-order valence-electron chi connectivity index (χ1n) is 10.4. The highest BCUT2D eigenvalue weighted by Gasteiger charge is 2.21. The van der Waals surface area contributed by atoms with Crippen LogP contribution >= 0.6 is 0 Å². The van der Waals surface area contributed by atoms with Gasteiger partial charge >= 0.3 is 0 Å². The molecular weight excluding hydrogens is 354 g/mol. The summed E-state index contributed by atoms with van der Waals surface area (Å²) in [6.45, 7) is 9.35. The van der Waals surface area contributed by atoms with Crippen molar-refractivity contribution in [2.45, 2.75) is 45.6 Å². The minimum atomic E-state index is 0.357. The van der Waals surface area contributed by atoms with Crippen molar-refractivity contribution in [3.05, 3.63) is 29.3 Å². The fourth-order valence-corrected chi connectivity index (χ4v) is 3.42. The van der Waals surface area contributed by atoms with Crippen molar-refractivity contribution >= 4 is 5.96 Å². The molecule has 0 unspecified atom stereocenters. The molecule has 6 nitrogen and oxygen atoms in total. The third kappa shape index (κ3) is 7.32. The van der Waals surface area contributed by atoms with E-state index in [1.807, 2.05) is 0 Å². The van der Waals surface area contributed by atoms with Gasteiger partial charge in [0, 0.05) is 46.5 Å². The molecule has 0 bridgehead atoms. The number of nitrogens with zero attached hydrogens (tertiary/aromatic N) is 2. The first kappa shape index (κ1) is 22.5. The van der Waals surface area contributed by atoms with Crippen LogP contribution in [-0.4, -0.2) is 70.6 Å². The van der Waals surface area contributed by atoms with Crippen LogP contribution in [0.1, 0.15) is 37.3 Å². The molecule has 1 N–H and O–H groups in total. The number of aryl methyl sites for hydroxylation is 1. The van der Waals surface area contributed by atoms with Crippen LogP contribution in [0.4, 0.5) is 0 Å². The van der Waals surface area contributed by atoms with Gasteiger partial charge in [-0.05, 0) is 56.7 Å². The first-order valence-corrected chi connectivity index (χ1v) is 10.4. The number of methoxy groups -OCH3 is 2. The van der Waals surface area contributed by atoms with Gasteiger partial charge in [0.15, 0.2) is 5.96 Å². The fraction of sp³-hybridized carbons (Fsp3) is 0.682. The highest BCUT2D eigenvalue weighted by Crippen LogP contribution is 2.19. The number of likely N-dealkylation sites (tertiary alicyclic amines) is 1. The van der Waals surface area contributed by atoms with Crippen molar-refractivity contribution in [3.8, 4) is 5.75 Å². The lowest BCUT2D eigenvalue weighted by atomic mass is 10.1. The second-order valence-electron chi connectivity index (χ2n) is 7.19. The van der Waals surface area contributed by atoms with Gasteiger partial charge in [-0.2, -0.15) is 0 Å². The molecule has 1 fully saturated rings. The smallest absolute Gasteiger partial charge is 0.193 e. The van der Waals surface area contributed by atoms with Gasteiger partial charge < -0.3 is 24.4 Å². The molecule has 28 heavy (non-hydrogen) atoms. The maximum absolute atomic E-state index is 5.96. The molecular formula is C22H37N3O3. The Morgan fingerprint density at radius 3 is 2.68 bits per heavy atom. The van der Waals surface area contributed by atoms with E-state index in [0.717, 1.165) is 82.3 Å². The average Bonchev–Trinajstić information content (AvgIpc) is 2.72. The van der Waals surface area contributed by atoms with Gasteiger partial charge in [-0.25, -0.2) is 0 Å². The van der Waals surface area contributed by atoms with Crippen LogP contribution in [0, 0.1) is 6.92 Å². The van der Waals surface area contributed by atoms with Gasteiger partial charge in [-0.1, -0.05) is 12.1 Å². The number of rotatable bonds is 10. The molecule has 1 aromatic carbocycles. The molecule has 0 aromatic heterocycles. The van der Waals surface area contributed by atoms with Gasteiger partial charge in [-0.3, -0.25) is 4.99 Å². The molecule has 2 rings (SSSR count). The number of benzene rings is 1. The molecule has 0 spiro atoms. The summed E-state index contributed by atoms with van der Waals surface area (Å²) >= 11 is 0. The van der Waals surface area contributed by atoms with Crippen molar-refractivity contribution in [2.24, 2.45) is 4.99 Å². The number of hydrogen-bond acceptors (Lipinski definition) is 4. The maximum atomic E-state index is 5.96. The quantitative estimate of drug-likeness (QED) is 0.377. The number of nitrogens with one attached hydrogen (secondary N) is 1. The third-order valence-corrected chi connectivity index (χ3v) is 5.06. The standard InChI is InChI=1S/C22H37N3O3/c1-5-23-22(24-12-9-19-8-7-18(2)21(17-19)27-4)25-13-10-20(11-14-25)28-16-6-15-26-3/h7-8,17,20H,5-6,9-16H2,1-4H3,(H,23,24). The van der Waals surface area contributed by atoms with E-state index in [9.17, 15) is 0 Å². The summed E-state index contributed by atoms with van der Waals surface area (Å²) in [6, 6.07) is 6.39. The van der Waals surface area contributed by atoms with E-state index >= 15 is 0 Å². The fourth-order valence-electron chi connectivity index (χ4n) is 3.42. The molecule has 158 valence electrons. The Bertz CT molecular complexity index is 599. The molecule has 1 aliphatic rings. The van der Waals surface area contributed by atoms with Crippen LogP contribution in [0.15, 0.2) is 23.2 Å². The molecule has 6 heteroatoms. The lowest BCUT2D eigenvalue weighted by Gasteiger charge is -2.34. The lowest BCUT2D eigenvalue weighted by Crippen LogP contribution is -2.47. The summed E-state index contributed by atoms with van der Waals surface area (Å²) in [4.78, 5) is 7.21. The summed E-state index contributed by atoms with van der Waals surface area (Å²) in [5.41, 5.74) is 2.42. The van der Waals surface area contributed by atoms with E-state index in [4.69, 9.17) is 19.2 Å². The Morgan fingerprint density at radius 1 is 1.21 bits per heavy atom. The first-order chi connectivity index (χ1) is 13.7. The Kier molecular flexibility index (Phi) is 10.1. The normalized spacial score (nSPS) is 15.7. The number of piperidine rings is 1. The van der Waals surface area contributed by atoms with Crippen molar-refractivity contribution in [2.75, 3.05) is 53.6 Å². The molecule has 1 aliphatic heterocycles. The van der Waals surface area contributed by atoms with E-state index in [2.05, 4.69) is 42.3 Å². The Balaban J connectivity index is 1.82. The molecule has 0 atom stereocenters. The van der Waals surface area contributed by atoms with Crippen LogP contribution in [0.25, 0.3) is 0 Å². The highest BCUT2D eigenvalue weighted by atomic mass is 16.5. The van der Waals surface area contributed by atoms with Crippen molar-refractivity contribution in [1.82, 2.24) is 10.2 Å².